The number of aryl methyl sites for hydroxylation is 1. The molecule has 28 heavy (non-hydrogen) atoms. The lowest BCUT2D eigenvalue weighted by Gasteiger charge is -2.22. The van der Waals surface area contributed by atoms with Crippen LogP contribution in [0.2, 0.25) is 0 Å². The first kappa shape index (κ1) is 21.2. The van der Waals surface area contributed by atoms with Crippen LogP contribution in [0.3, 0.4) is 0 Å². The molecule has 0 fully saturated rings. The number of carbonyl (C=O) groups is 3. The van der Waals surface area contributed by atoms with Gasteiger partial charge in [0.2, 0.25) is 11.8 Å². The third-order valence-electron chi connectivity index (χ3n) is 4.76. The van der Waals surface area contributed by atoms with Gasteiger partial charge >= 0.3 is 0 Å². The van der Waals surface area contributed by atoms with Gasteiger partial charge in [0.25, 0.3) is 5.91 Å². The number of benzene rings is 2. The minimum Gasteiger partial charge on any atom is -0.366 e. The van der Waals surface area contributed by atoms with E-state index in [9.17, 15) is 14.4 Å². The van der Waals surface area contributed by atoms with E-state index in [4.69, 9.17) is 5.73 Å². The predicted octanol–water partition coefficient (Wildman–Crippen LogP) is 2.87. The summed E-state index contributed by atoms with van der Waals surface area (Å²) >= 11 is 0. The lowest BCUT2D eigenvalue weighted by Crippen LogP contribution is -2.44. The van der Waals surface area contributed by atoms with Gasteiger partial charge in [0, 0.05) is 17.2 Å². The van der Waals surface area contributed by atoms with Crippen molar-refractivity contribution in [3.05, 3.63) is 70.8 Å². The molecule has 0 bridgehead atoms. The highest BCUT2D eigenvalue weighted by Crippen LogP contribution is 2.16. The molecule has 148 valence electrons. The van der Waals surface area contributed by atoms with Crippen molar-refractivity contribution in [1.82, 2.24) is 10.6 Å². The van der Waals surface area contributed by atoms with Gasteiger partial charge in [-0.2, -0.15) is 0 Å². The van der Waals surface area contributed by atoms with Crippen molar-refractivity contribution in [3.63, 3.8) is 0 Å². The largest absolute Gasteiger partial charge is 0.366 e. The molecule has 0 aromatic heterocycles. The first-order chi connectivity index (χ1) is 13.4. The Balaban J connectivity index is 2.27. The van der Waals surface area contributed by atoms with Gasteiger partial charge in [-0.1, -0.05) is 44.2 Å². The highest BCUT2D eigenvalue weighted by Gasteiger charge is 2.25. The van der Waals surface area contributed by atoms with E-state index < -0.39 is 17.9 Å². The van der Waals surface area contributed by atoms with Crippen molar-refractivity contribution in [2.75, 3.05) is 0 Å². The molecule has 4 N–H and O–H groups in total. The summed E-state index contributed by atoms with van der Waals surface area (Å²) in [5.41, 5.74) is 7.35. The number of hydrogen-bond donors (Lipinski definition) is 3. The maximum Gasteiger partial charge on any atom is 0.252 e. The van der Waals surface area contributed by atoms with Crippen LogP contribution in [0.15, 0.2) is 48.5 Å². The summed E-state index contributed by atoms with van der Waals surface area (Å²) < 4.78 is 0. The average Bonchev–Trinajstić information content (AvgIpc) is 2.70. The smallest absolute Gasteiger partial charge is 0.252 e. The van der Waals surface area contributed by atoms with E-state index in [0.29, 0.717) is 22.3 Å². The van der Waals surface area contributed by atoms with Crippen molar-refractivity contribution in [3.8, 4) is 0 Å². The second-order valence-electron chi connectivity index (χ2n) is 6.73. The minimum absolute atomic E-state index is 0.0488. The van der Waals surface area contributed by atoms with Crippen LogP contribution in [-0.2, 0) is 4.79 Å². The first-order valence-corrected chi connectivity index (χ1v) is 9.44. The number of nitrogens with two attached hydrogens (primary N) is 1. The summed E-state index contributed by atoms with van der Waals surface area (Å²) in [6, 6.07) is 13.0. The van der Waals surface area contributed by atoms with Crippen LogP contribution in [0.5, 0.6) is 0 Å². The number of nitrogens with one attached hydrogen (secondary N) is 2. The van der Waals surface area contributed by atoms with Gasteiger partial charge in [0.05, 0.1) is 0 Å². The Kier molecular flexibility index (Phi) is 7.32. The van der Waals surface area contributed by atoms with Crippen molar-refractivity contribution >= 4 is 17.7 Å². The Hall–Kier alpha value is -3.15. The summed E-state index contributed by atoms with van der Waals surface area (Å²) in [7, 11) is 0. The van der Waals surface area contributed by atoms with Gasteiger partial charge in [0.1, 0.15) is 6.04 Å². The molecule has 1 unspecified atom stereocenters. The highest BCUT2D eigenvalue weighted by molar-refractivity contribution is 6.00. The van der Waals surface area contributed by atoms with Gasteiger partial charge in [-0.25, -0.2) is 0 Å². The monoisotopic (exact) mass is 381 g/mol. The number of carbonyl (C=O) groups excluding carboxylic acids is 3. The Morgan fingerprint density at radius 2 is 1.61 bits per heavy atom. The van der Waals surface area contributed by atoms with Gasteiger partial charge in [-0.15, -0.1) is 0 Å². The van der Waals surface area contributed by atoms with Crippen molar-refractivity contribution < 1.29 is 14.4 Å². The number of amides is 3. The fourth-order valence-corrected chi connectivity index (χ4v) is 3.02. The van der Waals surface area contributed by atoms with Crippen LogP contribution >= 0.6 is 0 Å². The molecule has 2 rings (SSSR count). The fourth-order valence-electron chi connectivity index (χ4n) is 3.02. The molecule has 0 heterocycles. The molecule has 2 aromatic rings. The van der Waals surface area contributed by atoms with Crippen molar-refractivity contribution in [1.29, 1.82) is 0 Å². The normalized spacial score (nSPS) is 11.7. The van der Waals surface area contributed by atoms with Crippen molar-refractivity contribution in [2.45, 2.75) is 45.7 Å². The first-order valence-electron chi connectivity index (χ1n) is 9.44. The zero-order chi connectivity index (χ0) is 20.7. The lowest BCUT2D eigenvalue weighted by molar-refractivity contribution is -0.123. The maximum absolute atomic E-state index is 12.9. The van der Waals surface area contributed by atoms with E-state index in [2.05, 4.69) is 10.6 Å². The molecule has 0 saturated heterocycles. The topological polar surface area (TPSA) is 101 Å². The molecule has 0 saturated carbocycles. The molecular weight excluding hydrogens is 354 g/mol. The Morgan fingerprint density at radius 1 is 0.964 bits per heavy atom. The Morgan fingerprint density at radius 3 is 2.14 bits per heavy atom. The molecule has 0 aliphatic rings. The standard InChI is InChI=1S/C22H27N3O3/c1-4-17(5-2)24-22(28)19(15-9-7-6-8-10-15)25-21(27)16-11-12-18(20(23)26)14(3)13-16/h6-13,17,19H,4-5H2,1-3H3,(H2,23,26)(H,24,28)(H,25,27). The summed E-state index contributed by atoms with van der Waals surface area (Å²) in [5, 5.41) is 5.80. The summed E-state index contributed by atoms with van der Waals surface area (Å²) in [4.78, 5) is 37.0. The average molecular weight is 381 g/mol. The van der Waals surface area contributed by atoms with E-state index >= 15 is 0 Å². The molecular formula is C22H27N3O3. The van der Waals surface area contributed by atoms with Crippen LogP contribution < -0.4 is 16.4 Å². The molecule has 6 heteroatoms. The maximum atomic E-state index is 12.9. The molecule has 6 nitrogen and oxygen atoms in total. The number of rotatable bonds is 8. The predicted molar refractivity (Wildman–Crippen MR) is 109 cm³/mol. The Labute approximate surface area is 165 Å². The van der Waals surface area contributed by atoms with E-state index in [-0.39, 0.29) is 11.9 Å². The zero-order valence-corrected chi connectivity index (χ0v) is 16.5. The molecule has 0 aliphatic carbocycles. The molecule has 0 spiro atoms. The van der Waals surface area contributed by atoms with Gasteiger partial charge < -0.3 is 16.4 Å². The van der Waals surface area contributed by atoms with E-state index in [1.807, 2.05) is 32.0 Å². The summed E-state index contributed by atoms with van der Waals surface area (Å²) in [6.07, 6.45) is 1.62. The zero-order valence-electron chi connectivity index (χ0n) is 16.5. The highest BCUT2D eigenvalue weighted by atomic mass is 16.2. The van der Waals surface area contributed by atoms with Crippen LogP contribution in [0.25, 0.3) is 0 Å². The molecule has 0 radical (unpaired) electrons. The van der Waals surface area contributed by atoms with E-state index in [0.717, 1.165) is 12.8 Å². The van der Waals surface area contributed by atoms with Crippen molar-refractivity contribution in [2.24, 2.45) is 5.73 Å². The number of hydrogen-bond acceptors (Lipinski definition) is 3. The summed E-state index contributed by atoms with van der Waals surface area (Å²) in [5.74, 6) is -1.19. The molecule has 1 atom stereocenters. The van der Waals surface area contributed by atoms with Crippen LogP contribution in [0.4, 0.5) is 0 Å². The molecule has 2 aromatic carbocycles. The third kappa shape index (κ3) is 5.19. The number of primary amides is 1. The van der Waals surface area contributed by atoms with Gasteiger partial charge in [-0.05, 0) is 49.1 Å². The van der Waals surface area contributed by atoms with Crippen LogP contribution in [0, 0.1) is 6.92 Å². The quantitative estimate of drug-likeness (QED) is 0.655. The third-order valence-corrected chi connectivity index (χ3v) is 4.76. The van der Waals surface area contributed by atoms with Crippen LogP contribution in [0.1, 0.15) is 64.6 Å². The second kappa shape index (κ2) is 9.69. The van der Waals surface area contributed by atoms with Crippen LogP contribution in [-0.4, -0.2) is 23.8 Å². The second-order valence-corrected chi connectivity index (χ2v) is 6.73. The van der Waals surface area contributed by atoms with Gasteiger partial charge in [0.15, 0.2) is 0 Å². The SMILES string of the molecule is CCC(CC)NC(=O)C(NC(=O)c1ccc(C(N)=O)c(C)c1)c1ccccc1. The summed E-state index contributed by atoms with van der Waals surface area (Å²) in [6.45, 7) is 5.73. The minimum atomic E-state index is -0.814. The lowest BCUT2D eigenvalue weighted by atomic mass is 10.0. The van der Waals surface area contributed by atoms with Gasteiger partial charge in [-0.3, -0.25) is 14.4 Å². The molecule has 3 amide bonds. The van der Waals surface area contributed by atoms with E-state index in [1.54, 1.807) is 25.1 Å². The Bertz CT molecular complexity index is 845. The van der Waals surface area contributed by atoms with E-state index in [1.165, 1.54) is 12.1 Å². The fraction of sp³-hybridized carbons (Fsp3) is 0.318. The molecule has 0 aliphatic heterocycles.